The first-order chi connectivity index (χ1) is 9.99. The van der Waals surface area contributed by atoms with Crippen LogP contribution in [0.3, 0.4) is 0 Å². The van der Waals surface area contributed by atoms with Gasteiger partial charge in [-0.25, -0.2) is 9.18 Å². The SMILES string of the molecule is CCc1cn([C@@H]2O[C@H](CN=[N+]=[N-])[C@@H](O)[C@@H]2F)c(=O)[nH]c1=O. The summed E-state index contributed by atoms with van der Waals surface area (Å²) in [6.45, 7) is 1.45. The minimum absolute atomic E-state index is 0.257. The summed E-state index contributed by atoms with van der Waals surface area (Å²) in [6.07, 6.45) is -4.27. The van der Waals surface area contributed by atoms with E-state index in [1.807, 2.05) is 0 Å². The van der Waals surface area contributed by atoms with E-state index in [0.717, 1.165) is 4.57 Å². The second-order valence-electron chi connectivity index (χ2n) is 4.59. The molecule has 0 aliphatic carbocycles. The van der Waals surface area contributed by atoms with Gasteiger partial charge in [0, 0.05) is 16.7 Å². The van der Waals surface area contributed by atoms with E-state index in [1.165, 1.54) is 6.20 Å². The minimum atomic E-state index is -1.88. The van der Waals surface area contributed by atoms with Crippen molar-refractivity contribution in [2.45, 2.75) is 38.0 Å². The second kappa shape index (κ2) is 6.08. The van der Waals surface area contributed by atoms with Gasteiger partial charge in [-0.2, -0.15) is 0 Å². The second-order valence-corrected chi connectivity index (χ2v) is 4.59. The number of ether oxygens (including phenoxy) is 1. The van der Waals surface area contributed by atoms with Crippen LogP contribution in [0.5, 0.6) is 0 Å². The minimum Gasteiger partial charge on any atom is -0.387 e. The maximum atomic E-state index is 14.1. The number of aryl methyl sites for hydroxylation is 1. The van der Waals surface area contributed by atoms with E-state index in [9.17, 15) is 19.1 Å². The van der Waals surface area contributed by atoms with Crippen molar-refractivity contribution in [2.24, 2.45) is 5.11 Å². The number of aromatic nitrogens is 2. The summed E-state index contributed by atoms with van der Waals surface area (Å²) >= 11 is 0. The monoisotopic (exact) mass is 299 g/mol. The molecule has 0 amide bonds. The topological polar surface area (TPSA) is 133 Å². The standard InChI is InChI=1S/C11H14FN5O4/c1-2-5-4-17(11(20)15-9(5)19)10-7(12)8(18)6(21-10)3-14-16-13/h4,6-8,10,18H,2-3H2,1H3,(H,15,19,20)/t6-,7+,8-,10-/m1/s1. The Labute approximate surface area is 117 Å². The average molecular weight is 299 g/mol. The van der Waals surface area contributed by atoms with E-state index in [2.05, 4.69) is 15.0 Å². The molecular weight excluding hydrogens is 285 g/mol. The number of hydrogen-bond donors (Lipinski definition) is 2. The van der Waals surface area contributed by atoms with Gasteiger partial charge >= 0.3 is 5.69 Å². The van der Waals surface area contributed by atoms with Crippen LogP contribution in [0.4, 0.5) is 4.39 Å². The van der Waals surface area contributed by atoms with Crippen LogP contribution in [0.15, 0.2) is 20.9 Å². The molecule has 0 radical (unpaired) electrons. The number of aliphatic hydroxyl groups excluding tert-OH is 1. The molecule has 0 spiro atoms. The largest absolute Gasteiger partial charge is 0.387 e. The van der Waals surface area contributed by atoms with E-state index in [-0.39, 0.29) is 6.54 Å². The molecule has 0 saturated carbocycles. The summed E-state index contributed by atoms with van der Waals surface area (Å²) in [5.74, 6) is 0. The highest BCUT2D eigenvalue weighted by molar-refractivity contribution is 5.05. The Morgan fingerprint density at radius 3 is 2.95 bits per heavy atom. The van der Waals surface area contributed by atoms with Gasteiger partial charge in [0.15, 0.2) is 12.4 Å². The molecule has 2 N–H and O–H groups in total. The van der Waals surface area contributed by atoms with Crippen LogP contribution in [-0.2, 0) is 11.2 Å². The van der Waals surface area contributed by atoms with Gasteiger partial charge in [0.25, 0.3) is 5.56 Å². The Morgan fingerprint density at radius 2 is 2.33 bits per heavy atom. The first kappa shape index (κ1) is 15.2. The molecule has 1 fully saturated rings. The Hall–Kier alpha value is -2.16. The molecule has 1 aliphatic heterocycles. The quantitative estimate of drug-likeness (QED) is 0.460. The smallest absolute Gasteiger partial charge is 0.330 e. The number of rotatable bonds is 4. The highest BCUT2D eigenvalue weighted by Crippen LogP contribution is 2.31. The molecule has 1 aliphatic rings. The van der Waals surface area contributed by atoms with Crippen LogP contribution >= 0.6 is 0 Å². The van der Waals surface area contributed by atoms with Gasteiger partial charge < -0.3 is 9.84 Å². The van der Waals surface area contributed by atoms with Crippen LogP contribution in [0.2, 0.25) is 0 Å². The van der Waals surface area contributed by atoms with Gasteiger partial charge in [-0.3, -0.25) is 14.3 Å². The number of aliphatic hydroxyl groups is 1. The zero-order valence-corrected chi connectivity index (χ0v) is 11.1. The van der Waals surface area contributed by atoms with Crippen molar-refractivity contribution < 1.29 is 14.2 Å². The summed E-state index contributed by atoms with van der Waals surface area (Å²) in [7, 11) is 0. The predicted octanol–water partition coefficient (Wildman–Crippen LogP) is 0.00570. The first-order valence-corrected chi connectivity index (χ1v) is 6.32. The summed E-state index contributed by atoms with van der Waals surface area (Å²) in [4.78, 5) is 27.8. The predicted molar refractivity (Wildman–Crippen MR) is 69.5 cm³/mol. The molecule has 1 saturated heterocycles. The fraction of sp³-hybridized carbons (Fsp3) is 0.636. The Balaban J connectivity index is 2.36. The van der Waals surface area contributed by atoms with Crippen molar-refractivity contribution in [3.8, 4) is 0 Å². The third-order valence-electron chi connectivity index (χ3n) is 3.32. The third-order valence-corrected chi connectivity index (χ3v) is 3.32. The lowest BCUT2D eigenvalue weighted by atomic mass is 10.1. The van der Waals surface area contributed by atoms with Crippen molar-refractivity contribution in [2.75, 3.05) is 6.54 Å². The van der Waals surface area contributed by atoms with Crippen LogP contribution in [0.1, 0.15) is 18.7 Å². The molecule has 9 nitrogen and oxygen atoms in total. The van der Waals surface area contributed by atoms with Gasteiger partial charge in [0.1, 0.15) is 6.10 Å². The molecule has 0 bridgehead atoms. The normalized spacial score (nSPS) is 28.3. The summed E-state index contributed by atoms with van der Waals surface area (Å²) in [5.41, 5.74) is 7.15. The maximum absolute atomic E-state index is 14.1. The average Bonchev–Trinajstić information content (AvgIpc) is 2.73. The molecule has 10 heteroatoms. The molecule has 21 heavy (non-hydrogen) atoms. The van der Waals surface area contributed by atoms with E-state index >= 15 is 0 Å². The molecule has 0 unspecified atom stereocenters. The maximum Gasteiger partial charge on any atom is 0.330 e. The zero-order valence-electron chi connectivity index (χ0n) is 11.1. The van der Waals surface area contributed by atoms with E-state index in [0.29, 0.717) is 12.0 Å². The van der Waals surface area contributed by atoms with Crippen LogP contribution in [0.25, 0.3) is 10.4 Å². The molecule has 2 heterocycles. The van der Waals surface area contributed by atoms with E-state index in [4.69, 9.17) is 10.3 Å². The van der Waals surface area contributed by atoms with Crippen LogP contribution in [0, 0.1) is 0 Å². The number of nitrogens with zero attached hydrogens (tertiary/aromatic N) is 4. The van der Waals surface area contributed by atoms with Crippen molar-refractivity contribution in [1.29, 1.82) is 0 Å². The fourth-order valence-corrected chi connectivity index (χ4v) is 2.16. The molecule has 1 aromatic heterocycles. The van der Waals surface area contributed by atoms with Crippen LogP contribution in [-0.4, -0.2) is 39.6 Å². The molecule has 114 valence electrons. The zero-order chi connectivity index (χ0) is 15.6. The molecule has 2 rings (SSSR count). The number of nitrogens with one attached hydrogen (secondary N) is 1. The summed E-state index contributed by atoms with van der Waals surface area (Å²) in [5, 5.41) is 12.9. The molecule has 0 aromatic carbocycles. The van der Waals surface area contributed by atoms with Gasteiger partial charge in [0.05, 0.1) is 12.6 Å². The highest BCUT2D eigenvalue weighted by Gasteiger charge is 2.45. The Bertz CT molecular complexity index is 680. The van der Waals surface area contributed by atoms with Gasteiger partial charge in [-0.1, -0.05) is 12.0 Å². The molecular formula is C11H14FN5O4. The van der Waals surface area contributed by atoms with E-state index < -0.39 is 35.9 Å². The number of azide groups is 1. The Morgan fingerprint density at radius 1 is 1.62 bits per heavy atom. The number of H-pyrrole nitrogens is 1. The molecule has 4 atom stereocenters. The molecule has 1 aromatic rings. The van der Waals surface area contributed by atoms with Crippen molar-refractivity contribution in [3.63, 3.8) is 0 Å². The first-order valence-electron chi connectivity index (χ1n) is 6.32. The van der Waals surface area contributed by atoms with Gasteiger partial charge in [-0.05, 0) is 12.0 Å². The van der Waals surface area contributed by atoms with Crippen molar-refractivity contribution >= 4 is 0 Å². The van der Waals surface area contributed by atoms with Crippen molar-refractivity contribution in [3.05, 3.63) is 43.0 Å². The lowest BCUT2D eigenvalue weighted by Gasteiger charge is -2.16. The Kier molecular flexibility index (Phi) is 4.41. The van der Waals surface area contributed by atoms with Crippen LogP contribution < -0.4 is 11.2 Å². The third kappa shape index (κ3) is 2.82. The van der Waals surface area contributed by atoms with Gasteiger partial charge in [-0.15, -0.1) is 0 Å². The van der Waals surface area contributed by atoms with E-state index in [1.54, 1.807) is 6.92 Å². The number of halogens is 1. The number of alkyl halides is 1. The van der Waals surface area contributed by atoms with Crippen molar-refractivity contribution in [1.82, 2.24) is 9.55 Å². The summed E-state index contributed by atoms with van der Waals surface area (Å²) < 4.78 is 20.2. The highest BCUT2D eigenvalue weighted by atomic mass is 19.1. The lowest BCUT2D eigenvalue weighted by molar-refractivity contribution is -0.0226. The number of hydrogen-bond acceptors (Lipinski definition) is 5. The fourth-order valence-electron chi connectivity index (χ4n) is 2.16. The lowest BCUT2D eigenvalue weighted by Crippen LogP contribution is -2.37. The number of aromatic amines is 1. The van der Waals surface area contributed by atoms with Gasteiger partial charge in [0.2, 0.25) is 0 Å². The summed E-state index contributed by atoms with van der Waals surface area (Å²) in [6, 6.07) is 0.